The predicted octanol–water partition coefficient (Wildman–Crippen LogP) is 0.481. The van der Waals surface area contributed by atoms with E-state index in [1.807, 2.05) is 0 Å². The van der Waals surface area contributed by atoms with Crippen molar-refractivity contribution in [2.45, 2.75) is 18.1 Å². The van der Waals surface area contributed by atoms with Gasteiger partial charge in [0.2, 0.25) is 0 Å². The van der Waals surface area contributed by atoms with E-state index in [1.54, 1.807) is 31.5 Å². The second-order valence-electron chi connectivity index (χ2n) is 6.70. The van der Waals surface area contributed by atoms with E-state index in [-0.39, 0.29) is 49.0 Å². The highest BCUT2D eigenvalue weighted by molar-refractivity contribution is 7.93. The molecule has 0 aliphatic carbocycles. The highest BCUT2D eigenvalue weighted by Crippen LogP contribution is 2.45. The number of carbonyl (C=O) groups excluding carboxylic acids is 1. The molecule has 0 radical (unpaired) electrons. The monoisotopic (exact) mass is 378 g/mol. The molecule has 1 unspecified atom stereocenters. The van der Waals surface area contributed by atoms with E-state index in [4.69, 9.17) is 9.26 Å². The summed E-state index contributed by atoms with van der Waals surface area (Å²) in [6, 6.07) is 3.44. The second kappa shape index (κ2) is 6.04. The number of sulfone groups is 1. The van der Waals surface area contributed by atoms with Crippen LogP contribution in [0.15, 0.2) is 29.0 Å². The molecule has 1 spiro atoms. The molecular formula is C16H18N4O5S. The molecule has 0 saturated carbocycles. The summed E-state index contributed by atoms with van der Waals surface area (Å²) < 4.78 is 34.8. The van der Waals surface area contributed by atoms with Crippen molar-refractivity contribution in [1.29, 1.82) is 0 Å². The molecule has 1 atom stereocenters. The lowest BCUT2D eigenvalue weighted by atomic mass is 9.83. The van der Waals surface area contributed by atoms with Gasteiger partial charge in [-0.15, -0.1) is 0 Å². The van der Waals surface area contributed by atoms with Crippen LogP contribution in [0.3, 0.4) is 0 Å². The fourth-order valence-electron chi connectivity index (χ4n) is 3.62. The highest BCUT2D eigenvalue weighted by Gasteiger charge is 2.63. The summed E-state index contributed by atoms with van der Waals surface area (Å²) in [5.74, 6) is 0.105. The molecule has 4 rings (SSSR count). The third-order valence-corrected chi connectivity index (χ3v) is 7.71. The number of amides is 1. The summed E-state index contributed by atoms with van der Waals surface area (Å²) in [6.45, 7) is 2.18. The molecule has 2 saturated heterocycles. The number of aryl methyl sites for hydroxylation is 1. The molecule has 2 aliphatic rings. The average molecular weight is 378 g/mol. The zero-order valence-corrected chi connectivity index (χ0v) is 15.0. The van der Waals surface area contributed by atoms with Crippen LogP contribution in [0.5, 0.6) is 6.01 Å². The molecule has 2 fully saturated rings. The third kappa shape index (κ3) is 2.64. The van der Waals surface area contributed by atoms with E-state index in [1.165, 1.54) is 4.90 Å². The van der Waals surface area contributed by atoms with Crippen LogP contribution in [-0.4, -0.2) is 64.5 Å². The van der Waals surface area contributed by atoms with Gasteiger partial charge in [0.05, 0.1) is 12.4 Å². The Bertz CT molecular complexity index is 921. The molecule has 4 heterocycles. The van der Waals surface area contributed by atoms with Crippen molar-refractivity contribution in [3.63, 3.8) is 0 Å². The third-order valence-electron chi connectivity index (χ3n) is 5.11. The SMILES string of the molecule is Cc1cc(C(=O)N2CC3(C2)C(COc2ncccn2)CCS3(=O)=O)no1. The molecule has 10 heteroatoms. The molecule has 26 heavy (non-hydrogen) atoms. The Morgan fingerprint density at radius 1 is 1.38 bits per heavy atom. The van der Waals surface area contributed by atoms with Crippen LogP contribution in [0, 0.1) is 12.8 Å². The van der Waals surface area contributed by atoms with Gasteiger partial charge in [-0.05, 0) is 19.4 Å². The molecular weight excluding hydrogens is 360 g/mol. The van der Waals surface area contributed by atoms with Crippen molar-refractivity contribution < 1.29 is 22.5 Å². The summed E-state index contributed by atoms with van der Waals surface area (Å²) in [6.07, 6.45) is 3.63. The lowest BCUT2D eigenvalue weighted by Gasteiger charge is -2.49. The van der Waals surface area contributed by atoms with Gasteiger partial charge in [-0.25, -0.2) is 18.4 Å². The van der Waals surface area contributed by atoms with Crippen molar-refractivity contribution >= 4 is 15.7 Å². The lowest BCUT2D eigenvalue weighted by Crippen LogP contribution is -2.69. The van der Waals surface area contributed by atoms with Gasteiger partial charge in [0.25, 0.3) is 5.91 Å². The van der Waals surface area contributed by atoms with E-state index >= 15 is 0 Å². The second-order valence-corrected chi connectivity index (χ2v) is 9.15. The van der Waals surface area contributed by atoms with Crippen LogP contribution in [0.4, 0.5) is 0 Å². The normalized spacial score (nSPS) is 23.0. The van der Waals surface area contributed by atoms with Crippen molar-refractivity contribution in [1.82, 2.24) is 20.0 Å². The van der Waals surface area contributed by atoms with Gasteiger partial charge in [-0.2, -0.15) is 0 Å². The summed E-state index contributed by atoms with van der Waals surface area (Å²) in [5.41, 5.74) is 0.193. The minimum atomic E-state index is -3.31. The van der Waals surface area contributed by atoms with Gasteiger partial charge in [0.1, 0.15) is 10.5 Å². The molecule has 9 nitrogen and oxygen atoms in total. The molecule has 2 aliphatic heterocycles. The maximum atomic E-state index is 12.6. The maximum absolute atomic E-state index is 12.6. The Morgan fingerprint density at radius 3 is 2.77 bits per heavy atom. The van der Waals surface area contributed by atoms with Crippen LogP contribution in [0.1, 0.15) is 22.7 Å². The molecule has 0 N–H and O–H groups in total. The fourth-order valence-corrected chi connectivity index (χ4v) is 6.02. The van der Waals surface area contributed by atoms with Gasteiger partial charge in [0.15, 0.2) is 15.5 Å². The van der Waals surface area contributed by atoms with E-state index in [0.29, 0.717) is 12.2 Å². The van der Waals surface area contributed by atoms with Gasteiger partial charge < -0.3 is 14.2 Å². The quantitative estimate of drug-likeness (QED) is 0.754. The minimum absolute atomic E-state index is 0.0990. The van der Waals surface area contributed by atoms with Crippen LogP contribution in [0.25, 0.3) is 0 Å². The molecule has 138 valence electrons. The van der Waals surface area contributed by atoms with Gasteiger partial charge >= 0.3 is 6.01 Å². The van der Waals surface area contributed by atoms with E-state index in [9.17, 15) is 13.2 Å². The molecule has 1 amide bonds. The van der Waals surface area contributed by atoms with Crippen molar-refractivity contribution in [3.05, 3.63) is 36.0 Å². The zero-order chi connectivity index (χ0) is 18.4. The van der Waals surface area contributed by atoms with Crippen LogP contribution in [0.2, 0.25) is 0 Å². The molecule has 0 bridgehead atoms. The molecule has 2 aromatic rings. The Kier molecular flexibility index (Phi) is 3.94. The first kappa shape index (κ1) is 17.0. The smallest absolute Gasteiger partial charge is 0.316 e. The van der Waals surface area contributed by atoms with E-state index in [0.717, 1.165) is 0 Å². The van der Waals surface area contributed by atoms with Gasteiger partial charge in [0, 0.05) is 37.5 Å². The number of nitrogens with zero attached hydrogens (tertiary/aromatic N) is 4. The lowest BCUT2D eigenvalue weighted by molar-refractivity contribution is 0.0394. The first-order chi connectivity index (χ1) is 12.4. The van der Waals surface area contributed by atoms with Crippen molar-refractivity contribution in [2.24, 2.45) is 5.92 Å². The standard InChI is InChI=1S/C16H18N4O5S/c1-11-7-13(19-25-11)14(21)20-9-16(10-20)12(3-6-26(16,22)23)8-24-15-17-4-2-5-18-15/h2,4-5,7,12H,3,6,8-10H2,1H3. The van der Waals surface area contributed by atoms with Crippen LogP contribution in [-0.2, 0) is 9.84 Å². The number of hydrogen-bond donors (Lipinski definition) is 0. The number of rotatable bonds is 4. The molecule has 0 aromatic carbocycles. The number of aromatic nitrogens is 3. The van der Waals surface area contributed by atoms with Crippen molar-refractivity contribution in [2.75, 3.05) is 25.4 Å². The average Bonchev–Trinajstić information content (AvgIpc) is 3.13. The Hall–Kier alpha value is -2.49. The number of ether oxygens (including phenoxy) is 1. The summed E-state index contributed by atoms with van der Waals surface area (Å²) >= 11 is 0. The number of carbonyl (C=O) groups is 1. The number of likely N-dealkylation sites (tertiary alicyclic amines) is 1. The molecule has 2 aromatic heterocycles. The first-order valence-electron chi connectivity index (χ1n) is 8.26. The van der Waals surface area contributed by atoms with E-state index < -0.39 is 14.6 Å². The Labute approximate surface area is 150 Å². The maximum Gasteiger partial charge on any atom is 0.316 e. The first-order valence-corrected chi connectivity index (χ1v) is 9.91. The summed E-state index contributed by atoms with van der Waals surface area (Å²) in [5, 5.41) is 3.71. The topological polar surface area (TPSA) is 115 Å². The van der Waals surface area contributed by atoms with Crippen LogP contribution >= 0.6 is 0 Å². The summed E-state index contributed by atoms with van der Waals surface area (Å²) in [4.78, 5) is 21.9. The fraction of sp³-hybridized carbons (Fsp3) is 0.500. The van der Waals surface area contributed by atoms with Crippen LogP contribution < -0.4 is 4.74 Å². The van der Waals surface area contributed by atoms with Gasteiger partial charge in [-0.3, -0.25) is 4.79 Å². The summed E-state index contributed by atoms with van der Waals surface area (Å²) in [7, 11) is -3.31. The largest absolute Gasteiger partial charge is 0.463 e. The predicted molar refractivity (Wildman–Crippen MR) is 89.3 cm³/mol. The van der Waals surface area contributed by atoms with Gasteiger partial charge in [-0.1, -0.05) is 5.16 Å². The Balaban J connectivity index is 1.47. The van der Waals surface area contributed by atoms with Crippen molar-refractivity contribution in [3.8, 4) is 6.01 Å². The zero-order valence-electron chi connectivity index (χ0n) is 14.2. The highest BCUT2D eigenvalue weighted by atomic mass is 32.2. The van der Waals surface area contributed by atoms with E-state index in [2.05, 4.69) is 15.1 Å². The Morgan fingerprint density at radius 2 is 2.12 bits per heavy atom. The minimum Gasteiger partial charge on any atom is -0.463 e. The number of hydrogen-bond acceptors (Lipinski definition) is 8.